The van der Waals surface area contributed by atoms with Gasteiger partial charge in [0.05, 0.1) is 18.9 Å². The Hall–Kier alpha value is -1.91. The quantitative estimate of drug-likeness (QED) is 0.595. The molecule has 0 saturated heterocycles. The highest BCUT2D eigenvalue weighted by molar-refractivity contribution is 5.94. The van der Waals surface area contributed by atoms with E-state index in [1.165, 1.54) is 0 Å². The smallest absolute Gasteiger partial charge is 0.193 e. The Labute approximate surface area is 121 Å². The van der Waals surface area contributed by atoms with E-state index >= 15 is 0 Å². The minimum Gasteiger partial charge on any atom is -0.494 e. The first-order valence-electron chi connectivity index (χ1n) is 7.03. The number of aliphatic imine (C=N–C) groups is 1. The molecule has 0 atom stereocenters. The maximum absolute atomic E-state index is 5.89. The van der Waals surface area contributed by atoms with Gasteiger partial charge in [-0.2, -0.15) is 0 Å². The molecule has 0 unspecified atom stereocenters. The van der Waals surface area contributed by atoms with Crippen molar-refractivity contribution in [1.82, 2.24) is 0 Å². The van der Waals surface area contributed by atoms with E-state index in [1.807, 2.05) is 32.0 Å². The van der Waals surface area contributed by atoms with Crippen LogP contribution in [0.15, 0.2) is 23.2 Å². The Morgan fingerprint density at radius 2 is 1.95 bits per heavy atom. The van der Waals surface area contributed by atoms with Crippen molar-refractivity contribution >= 4 is 11.6 Å². The van der Waals surface area contributed by atoms with Crippen LogP contribution in [0.25, 0.3) is 0 Å². The summed E-state index contributed by atoms with van der Waals surface area (Å²) in [7, 11) is 0. The van der Waals surface area contributed by atoms with Gasteiger partial charge >= 0.3 is 0 Å². The van der Waals surface area contributed by atoms with Crippen LogP contribution in [-0.4, -0.2) is 25.7 Å². The van der Waals surface area contributed by atoms with E-state index in [1.54, 1.807) is 0 Å². The summed E-state index contributed by atoms with van der Waals surface area (Å²) in [6.07, 6.45) is 0. The minimum absolute atomic E-state index is 0.383. The standard InChI is InChI=1S/C15H25N3O2/c1-5-19-12-7-8-14(20-6-2)13(9-12)18-15(16)17-10-11(3)4/h7-9,11H,5-6,10H2,1-4H3,(H3,16,17,18). The van der Waals surface area contributed by atoms with Crippen molar-refractivity contribution in [2.45, 2.75) is 27.7 Å². The number of hydrogen-bond donors (Lipinski definition) is 2. The summed E-state index contributed by atoms with van der Waals surface area (Å²) in [5.74, 6) is 2.36. The van der Waals surface area contributed by atoms with Crippen molar-refractivity contribution in [2.75, 3.05) is 25.1 Å². The first kappa shape index (κ1) is 16.1. The van der Waals surface area contributed by atoms with Gasteiger partial charge in [-0.3, -0.25) is 4.99 Å². The maximum Gasteiger partial charge on any atom is 0.193 e. The number of hydrogen-bond acceptors (Lipinski definition) is 3. The Kier molecular flexibility index (Phi) is 6.70. The van der Waals surface area contributed by atoms with E-state index in [-0.39, 0.29) is 0 Å². The molecule has 0 amide bonds. The zero-order chi connectivity index (χ0) is 15.0. The average Bonchev–Trinajstić information content (AvgIpc) is 2.40. The van der Waals surface area contributed by atoms with Crippen LogP contribution in [0.5, 0.6) is 11.5 Å². The van der Waals surface area contributed by atoms with Crippen molar-refractivity contribution in [3.63, 3.8) is 0 Å². The van der Waals surface area contributed by atoms with Crippen LogP contribution in [0.2, 0.25) is 0 Å². The van der Waals surface area contributed by atoms with Gasteiger partial charge < -0.3 is 20.5 Å². The molecule has 0 bridgehead atoms. The molecule has 20 heavy (non-hydrogen) atoms. The Bertz CT molecular complexity index is 445. The molecule has 5 heteroatoms. The van der Waals surface area contributed by atoms with Gasteiger partial charge in [-0.05, 0) is 31.9 Å². The van der Waals surface area contributed by atoms with E-state index in [4.69, 9.17) is 15.2 Å². The predicted octanol–water partition coefficient (Wildman–Crippen LogP) is 2.87. The number of ether oxygens (including phenoxy) is 2. The van der Waals surface area contributed by atoms with Crippen molar-refractivity contribution in [3.05, 3.63) is 18.2 Å². The van der Waals surface area contributed by atoms with Gasteiger partial charge in [-0.15, -0.1) is 0 Å². The third-order valence-corrected chi connectivity index (χ3v) is 2.45. The maximum atomic E-state index is 5.89. The highest BCUT2D eigenvalue weighted by Crippen LogP contribution is 2.29. The number of rotatable bonds is 7. The van der Waals surface area contributed by atoms with E-state index in [9.17, 15) is 0 Å². The molecule has 0 aliphatic carbocycles. The Balaban J connectivity index is 2.88. The van der Waals surface area contributed by atoms with Gasteiger partial charge in [0.2, 0.25) is 0 Å². The molecule has 1 aromatic rings. The van der Waals surface area contributed by atoms with Crippen LogP contribution >= 0.6 is 0 Å². The van der Waals surface area contributed by atoms with Gasteiger partial charge in [0.1, 0.15) is 11.5 Å². The van der Waals surface area contributed by atoms with Gasteiger partial charge in [-0.25, -0.2) is 0 Å². The fourth-order valence-corrected chi connectivity index (χ4v) is 1.60. The summed E-state index contributed by atoms with van der Waals surface area (Å²) in [5.41, 5.74) is 6.65. The topological polar surface area (TPSA) is 68.9 Å². The minimum atomic E-state index is 0.383. The van der Waals surface area contributed by atoms with Crippen LogP contribution in [-0.2, 0) is 0 Å². The first-order chi connectivity index (χ1) is 9.56. The Morgan fingerprint density at radius 3 is 2.55 bits per heavy atom. The van der Waals surface area contributed by atoms with Crippen molar-refractivity contribution in [3.8, 4) is 11.5 Å². The summed E-state index contributed by atoms with van der Waals surface area (Å²) >= 11 is 0. The average molecular weight is 279 g/mol. The summed E-state index contributed by atoms with van der Waals surface area (Å²) in [6, 6.07) is 5.61. The van der Waals surface area contributed by atoms with Crippen molar-refractivity contribution in [2.24, 2.45) is 16.6 Å². The second-order valence-corrected chi connectivity index (χ2v) is 4.77. The molecule has 5 nitrogen and oxygen atoms in total. The normalized spacial score (nSPS) is 11.6. The van der Waals surface area contributed by atoms with E-state index in [0.717, 1.165) is 17.2 Å². The Morgan fingerprint density at radius 1 is 1.25 bits per heavy atom. The predicted molar refractivity (Wildman–Crippen MR) is 83.7 cm³/mol. The van der Waals surface area contributed by atoms with Gasteiger partial charge in [0, 0.05) is 12.6 Å². The molecular weight excluding hydrogens is 254 g/mol. The third-order valence-electron chi connectivity index (χ3n) is 2.45. The first-order valence-corrected chi connectivity index (χ1v) is 7.03. The largest absolute Gasteiger partial charge is 0.494 e. The molecule has 0 aliphatic rings. The fraction of sp³-hybridized carbons (Fsp3) is 0.533. The zero-order valence-electron chi connectivity index (χ0n) is 12.8. The SMILES string of the molecule is CCOc1ccc(OCC)c(NC(N)=NCC(C)C)c1. The van der Waals surface area contributed by atoms with E-state index in [0.29, 0.717) is 31.6 Å². The number of guanidine groups is 1. The van der Waals surface area contributed by atoms with Crippen LogP contribution < -0.4 is 20.5 Å². The number of anilines is 1. The molecule has 112 valence electrons. The summed E-state index contributed by atoms with van der Waals surface area (Å²) in [5, 5.41) is 3.07. The zero-order valence-corrected chi connectivity index (χ0v) is 12.8. The van der Waals surface area contributed by atoms with Gasteiger partial charge in [0.25, 0.3) is 0 Å². The highest BCUT2D eigenvalue weighted by Gasteiger charge is 2.07. The molecule has 0 spiro atoms. The van der Waals surface area contributed by atoms with Gasteiger partial charge in [-0.1, -0.05) is 13.8 Å². The third kappa shape index (κ3) is 5.38. The number of nitrogens with zero attached hydrogens (tertiary/aromatic N) is 1. The van der Waals surface area contributed by atoms with Crippen LogP contribution in [0, 0.1) is 5.92 Å². The molecule has 0 aromatic heterocycles. The lowest BCUT2D eigenvalue weighted by Gasteiger charge is -2.14. The number of benzene rings is 1. The fourth-order valence-electron chi connectivity index (χ4n) is 1.60. The van der Waals surface area contributed by atoms with Gasteiger partial charge in [0.15, 0.2) is 5.96 Å². The molecule has 0 saturated carbocycles. The second-order valence-electron chi connectivity index (χ2n) is 4.77. The molecular formula is C15H25N3O2. The molecule has 0 aliphatic heterocycles. The number of nitrogens with one attached hydrogen (secondary N) is 1. The van der Waals surface area contributed by atoms with Crippen LogP contribution in [0.1, 0.15) is 27.7 Å². The van der Waals surface area contributed by atoms with Crippen LogP contribution in [0.4, 0.5) is 5.69 Å². The number of nitrogens with two attached hydrogens (primary N) is 1. The lowest BCUT2D eigenvalue weighted by Crippen LogP contribution is -2.23. The van der Waals surface area contributed by atoms with E-state index < -0.39 is 0 Å². The van der Waals surface area contributed by atoms with Crippen molar-refractivity contribution in [1.29, 1.82) is 0 Å². The van der Waals surface area contributed by atoms with Crippen LogP contribution in [0.3, 0.4) is 0 Å². The molecule has 3 N–H and O–H groups in total. The lowest BCUT2D eigenvalue weighted by atomic mass is 10.2. The molecule has 1 rings (SSSR count). The summed E-state index contributed by atoms with van der Waals surface area (Å²) < 4.78 is 11.1. The van der Waals surface area contributed by atoms with E-state index in [2.05, 4.69) is 24.2 Å². The molecule has 0 heterocycles. The highest BCUT2D eigenvalue weighted by atomic mass is 16.5. The lowest BCUT2D eigenvalue weighted by molar-refractivity contribution is 0.332. The molecule has 1 aromatic carbocycles. The monoisotopic (exact) mass is 279 g/mol. The second kappa shape index (κ2) is 8.30. The molecule has 0 fully saturated rings. The summed E-state index contributed by atoms with van der Waals surface area (Å²) in [6.45, 7) is 9.97. The van der Waals surface area contributed by atoms with Crippen molar-refractivity contribution < 1.29 is 9.47 Å². The molecule has 0 radical (unpaired) electrons. The summed E-state index contributed by atoms with van der Waals surface area (Å²) in [4.78, 5) is 4.28.